The molecule has 0 fully saturated rings. The van der Waals surface area contributed by atoms with Gasteiger partial charge >= 0.3 is 5.97 Å². The molecule has 8 nitrogen and oxygen atoms in total. The Labute approximate surface area is 254 Å². The number of esters is 1. The number of rotatable bonds is 13. The van der Waals surface area contributed by atoms with Crippen LogP contribution in [0.4, 0.5) is 0 Å². The summed E-state index contributed by atoms with van der Waals surface area (Å²) in [4.78, 5) is 42.1. The van der Waals surface area contributed by atoms with Crippen LogP contribution in [0.15, 0.2) is 63.8 Å². The van der Waals surface area contributed by atoms with Crippen molar-refractivity contribution in [2.24, 2.45) is 27.1 Å². The van der Waals surface area contributed by atoms with E-state index in [2.05, 4.69) is 36.3 Å². The van der Waals surface area contributed by atoms with Gasteiger partial charge in [-0.05, 0) is 62.3 Å². The molecule has 3 rings (SSSR count). The van der Waals surface area contributed by atoms with Crippen LogP contribution in [-0.4, -0.2) is 46.4 Å². The molecule has 0 radical (unpaired) electrons. The molecule has 2 atom stereocenters. The van der Waals surface area contributed by atoms with Crippen LogP contribution >= 0.6 is 11.8 Å². The molecule has 1 aliphatic heterocycles. The minimum absolute atomic E-state index is 0.00940. The summed E-state index contributed by atoms with van der Waals surface area (Å²) in [6.45, 7) is 13.5. The number of ether oxygens (including phenoxy) is 1. The molecule has 2 aromatic rings. The van der Waals surface area contributed by atoms with Crippen LogP contribution in [0, 0.1) is 11.8 Å². The van der Waals surface area contributed by atoms with E-state index >= 15 is 0 Å². The minimum atomic E-state index is -0.716. The molecule has 1 amide bonds. The van der Waals surface area contributed by atoms with Crippen LogP contribution in [-0.2, 0) is 20.7 Å². The second-order valence-electron chi connectivity index (χ2n) is 12.2. The normalized spacial score (nSPS) is 17.2. The third-order valence-electron chi connectivity index (χ3n) is 6.67. The van der Waals surface area contributed by atoms with Gasteiger partial charge in [-0.15, -0.1) is 5.11 Å². The van der Waals surface area contributed by atoms with Crippen LogP contribution in [0.25, 0.3) is 11.1 Å². The number of hydrogen-bond acceptors (Lipinski definition) is 8. The Bertz CT molecular complexity index is 1310. The molecule has 2 aromatic carbocycles. The molecular formula is C33H44N4O4S. The van der Waals surface area contributed by atoms with Crippen molar-refractivity contribution < 1.29 is 19.1 Å². The highest BCUT2D eigenvalue weighted by molar-refractivity contribution is 8.13. The maximum atomic E-state index is 12.9. The highest BCUT2D eigenvalue weighted by Crippen LogP contribution is 2.32. The second-order valence-corrected chi connectivity index (χ2v) is 13.4. The monoisotopic (exact) mass is 592 g/mol. The molecule has 0 bridgehead atoms. The fourth-order valence-electron chi connectivity index (χ4n) is 4.90. The second kappa shape index (κ2) is 14.7. The van der Waals surface area contributed by atoms with E-state index in [1.807, 2.05) is 63.2 Å². The maximum absolute atomic E-state index is 12.9. The number of hydrogen-bond donors (Lipinski definition) is 1. The van der Waals surface area contributed by atoms with Crippen molar-refractivity contribution in [2.45, 2.75) is 85.4 Å². The van der Waals surface area contributed by atoms with E-state index in [0.29, 0.717) is 35.9 Å². The van der Waals surface area contributed by atoms with Gasteiger partial charge in [0.05, 0.1) is 12.1 Å². The number of carbonyl (C=O) groups is 3. The maximum Gasteiger partial charge on any atom is 0.339 e. The average Bonchev–Trinajstić information content (AvgIpc) is 3.31. The van der Waals surface area contributed by atoms with E-state index in [9.17, 15) is 14.4 Å². The molecule has 0 aliphatic carbocycles. The minimum Gasteiger partial charge on any atom is -0.456 e. The Balaban J connectivity index is 1.71. The first-order chi connectivity index (χ1) is 19.8. The average molecular weight is 593 g/mol. The zero-order chi connectivity index (χ0) is 30.9. The van der Waals surface area contributed by atoms with Crippen molar-refractivity contribution in [3.05, 3.63) is 59.7 Å². The van der Waals surface area contributed by atoms with Crippen LogP contribution in [0.3, 0.4) is 0 Å². The molecule has 0 spiro atoms. The van der Waals surface area contributed by atoms with Gasteiger partial charge in [0.1, 0.15) is 5.60 Å². The summed E-state index contributed by atoms with van der Waals surface area (Å²) >= 11 is 1.18. The molecule has 2 unspecified atom stereocenters. The Morgan fingerprint density at radius 1 is 1.05 bits per heavy atom. The molecule has 0 aromatic heterocycles. The van der Waals surface area contributed by atoms with Gasteiger partial charge in [-0.2, -0.15) is 5.11 Å². The predicted molar refractivity (Wildman–Crippen MR) is 170 cm³/mol. The number of nitrogens with zero attached hydrogens (tertiary/aromatic N) is 3. The van der Waals surface area contributed by atoms with Gasteiger partial charge in [-0.1, -0.05) is 81.4 Å². The molecule has 42 heavy (non-hydrogen) atoms. The number of carbonyl (C=O) groups excluding carboxylic acids is 3. The van der Waals surface area contributed by atoms with E-state index < -0.39 is 11.3 Å². The van der Waals surface area contributed by atoms with Gasteiger partial charge in [0.15, 0.2) is 16.6 Å². The molecule has 226 valence electrons. The standard InChI is InChI=1S/C33H44N4O4S/c1-8-17-33(35-29(36-37-33)20-34-30(39)26(18-22(2)3)21-42-23(4)38)19-24-13-15-25(16-14-24)27-11-9-10-12-28(27)31(40)41-32(5,6)7/h9-16,22,26H,8,17-21H2,1-7H3,(H,34,39). The predicted octanol–water partition coefficient (Wildman–Crippen LogP) is 7.27. The Hall–Kier alpha value is -3.33. The number of benzene rings is 2. The number of amides is 1. The summed E-state index contributed by atoms with van der Waals surface area (Å²) in [6.07, 6.45) is 2.88. The lowest BCUT2D eigenvalue weighted by molar-refractivity contribution is -0.124. The first-order valence-corrected chi connectivity index (χ1v) is 15.6. The lowest BCUT2D eigenvalue weighted by Crippen LogP contribution is -2.36. The summed E-state index contributed by atoms with van der Waals surface area (Å²) in [6, 6.07) is 15.5. The Morgan fingerprint density at radius 2 is 1.74 bits per heavy atom. The molecule has 1 heterocycles. The number of aliphatic imine (C=N–C) groups is 1. The third-order valence-corrected chi connectivity index (χ3v) is 7.65. The number of thioether (sulfide) groups is 1. The van der Waals surface area contributed by atoms with Gasteiger partial charge in [-0.25, -0.2) is 9.79 Å². The first kappa shape index (κ1) is 33.2. The molecule has 9 heteroatoms. The molecule has 0 saturated carbocycles. The molecule has 1 N–H and O–H groups in total. The van der Waals surface area contributed by atoms with Crippen molar-refractivity contribution >= 4 is 34.6 Å². The van der Waals surface area contributed by atoms with Gasteiger partial charge < -0.3 is 10.1 Å². The molecule has 1 aliphatic rings. The Kier molecular flexibility index (Phi) is 11.6. The van der Waals surface area contributed by atoms with Crippen molar-refractivity contribution in [2.75, 3.05) is 12.3 Å². The quantitative estimate of drug-likeness (QED) is 0.246. The van der Waals surface area contributed by atoms with Crippen molar-refractivity contribution in [3.8, 4) is 11.1 Å². The number of nitrogens with one attached hydrogen (secondary N) is 1. The van der Waals surface area contributed by atoms with Crippen LogP contribution in [0.2, 0.25) is 0 Å². The lowest BCUT2D eigenvalue weighted by Gasteiger charge is -2.22. The SMILES string of the molecule is CCCC1(Cc2ccc(-c3ccccc3C(=O)OC(C)(C)C)cc2)N=NC(CNC(=O)C(CSC(C)=O)CC(C)C)=N1. The van der Waals surface area contributed by atoms with Gasteiger partial charge in [0, 0.05) is 25.0 Å². The van der Waals surface area contributed by atoms with E-state index in [-0.39, 0.29) is 29.5 Å². The molecule has 0 saturated heterocycles. The highest BCUT2D eigenvalue weighted by Gasteiger charge is 2.34. The van der Waals surface area contributed by atoms with E-state index in [0.717, 1.165) is 29.5 Å². The summed E-state index contributed by atoms with van der Waals surface area (Å²) in [5, 5.41) is 11.9. The molecular weight excluding hydrogens is 548 g/mol. The highest BCUT2D eigenvalue weighted by atomic mass is 32.2. The zero-order valence-corrected chi connectivity index (χ0v) is 26.7. The summed E-state index contributed by atoms with van der Waals surface area (Å²) in [7, 11) is 0. The van der Waals surface area contributed by atoms with Crippen LogP contribution in [0.1, 0.15) is 83.7 Å². The van der Waals surface area contributed by atoms with Crippen molar-refractivity contribution in [1.82, 2.24) is 5.32 Å². The summed E-state index contributed by atoms with van der Waals surface area (Å²) in [5.74, 6) is 0.611. The van der Waals surface area contributed by atoms with E-state index in [1.54, 1.807) is 6.07 Å². The number of azo groups is 1. The third kappa shape index (κ3) is 9.89. The van der Waals surface area contributed by atoms with Crippen LogP contribution < -0.4 is 5.32 Å². The zero-order valence-electron chi connectivity index (χ0n) is 25.9. The van der Waals surface area contributed by atoms with Gasteiger partial charge in [0.2, 0.25) is 5.91 Å². The van der Waals surface area contributed by atoms with E-state index in [4.69, 9.17) is 9.73 Å². The lowest BCUT2D eigenvalue weighted by atomic mass is 9.93. The van der Waals surface area contributed by atoms with Crippen molar-refractivity contribution in [3.63, 3.8) is 0 Å². The fourth-order valence-corrected chi connectivity index (χ4v) is 5.63. The topological polar surface area (TPSA) is 110 Å². The largest absolute Gasteiger partial charge is 0.456 e. The van der Waals surface area contributed by atoms with E-state index in [1.165, 1.54) is 18.7 Å². The first-order valence-electron chi connectivity index (χ1n) is 14.6. The Morgan fingerprint density at radius 3 is 2.36 bits per heavy atom. The smallest absolute Gasteiger partial charge is 0.339 e. The summed E-state index contributed by atoms with van der Waals surface area (Å²) < 4.78 is 5.62. The number of amidine groups is 1. The van der Waals surface area contributed by atoms with Crippen molar-refractivity contribution in [1.29, 1.82) is 0 Å². The fraction of sp³-hybridized carbons (Fsp3) is 0.515. The van der Waals surface area contributed by atoms with Gasteiger partial charge in [-0.3, -0.25) is 9.59 Å². The van der Waals surface area contributed by atoms with Gasteiger partial charge in [0.25, 0.3) is 0 Å². The summed E-state index contributed by atoms with van der Waals surface area (Å²) in [5.41, 5.74) is 2.02. The van der Waals surface area contributed by atoms with Crippen LogP contribution in [0.5, 0.6) is 0 Å².